The number of aromatic amines is 1. The molecule has 0 bridgehead atoms. The Morgan fingerprint density at radius 2 is 2.04 bits per heavy atom. The van der Waals surface area contributed by atoms with Gasteiger partial charge in [-0.25, -0.2) is 0 Å². The Morgan fingerprint density at radius 1 is 1.25 bits per heavy atom. The third kappa shape index (κ3) is 2.92. The number of likely N-dealkylation sites (N-methyl/N-ethyl adjacent to an activating group) is 1. The molecule has 2 amide bonds. The minimum atomic E-state index is -0.314. The Bertz CT molecular complexity index is 959. The van der Waals surface area contributed by atoms with Crippen molar-refractivity contribution in [3.63, 3.8) is 0 Å². The zero-order chi connectivity index (χ0) is 19.8. The molecule has 0 saturated heterocycles. The number of ether oxygens (including phenoxy) is 1. The molecule has 4 rings (SSSR count). The van der Waals surface area contributed by atoms with Gasteiger partial charge in [0.15, 0.2) is 0 Å². The van der Waals surface area contributed by atoms with E-state index in [1.807, 2.05) is 12.1 Å². The molecule has 0 radical (unpaired) electrons. The van der Waals surface area contributed by atoms with Crippen LogP contribution < -0.4 is 5.32 Å². The van der Waals surface area contributed by atoms with Crippen LogP contribution in [0.15, 0.2) is 35.6 Å². The molecule has 1 aromatic carbocycles. The molecule has 6 heteroatoms. The molecule has 6 nitrogen and oxygen atoms in total. The summed E-state index contributed by atoms with van der Waals surface area (Å²) in [6.07, 6.45) is 2.93. The van der Waals surface area contributed by atoms with Crippen molar-refractivity contribution in [3.05, 3.63) is 46.9 Å². The van der Waals surface area contributed by atoms with E-state index in [1.54, 1.807) is 14.2 Å². The fraction of sp³-hybridized carbons (Fsp3) is 0.455. The van der Waals surface area contributed by atoms with E-state index in [0.29, 0.717) is 17.8 Å². The van der Waals surface area contributed by atoms with Crippen molar-refractivity contribution in [2.75, 3.05) is 20.7 Å². The van der Waals surface area contributed by atoms with E-state index in [1.165, 1.54) is 15.8 Å². The molecule has 2 aliphatic heterocycles. The van der Waals surface area contributed by atoms with Gasteiger partial charge in [0.1, 0.15) is 5.76 Å². The van der Waals surface area contributed by atoms with Crippen LogP contribution in [0.4, 0.5) is 0 Å². The summed E-state index contributed by atoms with van der Waals surface area (Å²) >= 11 is 0. The average Bonchev–Trinajstić information content (AvgIpc) is 3.06. The number of carbonyl (C=O) groups is 2. The number of carbonyl (C=O) groups excluding carboxylic acids is 2. The molecule has 2 N–H and O–H groups in total. The second-order valence-electron chi connectivity index (χ2n) is 7.63. The standard InChI is InChI=1S/C22H27N3O3/c1-4-7-13-12-17(26)25(2)22(27)18(21(13)28-3)20-19-15(10-11-23-20)14-8-5-6-9-16(14)24-19/h5-6,8-9,13,20,23-24H,4,7,10-12H2,1-3H3. The van der Waals surface area contributed by atoms with E-state index >= 15 is 0 Å². The normalized spacial score (nSPS) is 23.2. The first-order valence-electron chi connectivity index (χ1n) is 9.98. The number of benzene rings is 1. The highest BCUT2D eigenvalue weighted by atomic mass is 16.5. The lowest BCUT2D eigenvalue weighted by Crippen LogP contribution is -2.39. The van der Waals surface area contributed by atoms with Crippen LogP contribution in [0.5, 0.6) is 0 Å². The number of amides is 2. The van der Waals surface area contributed by atoms with Gasteiger partial charge in [-0.05, 0) is 24.5 Å². The summed E-state index contributed by atoms with van der Waals surface area (Å²) in [5.74, 6) is 0.140. The number of H-pyrrole nitrogens is 1. The zero-order valence-electron chi connectivity index (χ0n) is 16.7. The van der Waals surface area contributed by atoms with Gasteiger partial charge in [0.05, 0.1) is 18.7 Å². The number of rotatable bonds is 4. The first-order valence-corrected chi connectivity index (χ1v) is 9.98. The maximum atomic E-state index is 13.3. The maximum absolute atomic E-state index is 13.3. The SMILES string of the molecule is CCCC1CC(=O)N(C)C(=O)C(C2NCCc3c2[nH]c2ccccc32)=C1OC. The highest BCUT2D eigenvalue weighted by Crippen LogP contribution is 2.39. The Kier molecular flexibility index (Phi) is 4.98. The summed E-state index contributed by atoms with van der Waals surface area (Å²) in [6.45, 7) is 2.85. The van der Waals surface area contributed by atoms with Crippen molar-refractivity contribution >= 4 is 22.7 Å². The number of methoxy groups -OCH3 is 1. The van der Waals surface area contributed by atoms with Gasteiger partial charge in [-0.15, -0.1) is 0 Å². The molecule has 0 spiro atoms. The fourth-order valence-corrected chi connectivity index (χ4v) is 4.61. The molecule has 0 aliphatic carbocycles. The summed E-state index contributed by atoms with van der Waals surface area (Å²) < 4.78 is 5.78. The average molecular weight is 381 g/mol. The Labute approximate surface area is 164 Å². The number of nitrogens with zero attached hydrogens (tertiary/aromatic N) is 1. The lowest BCUT2D eigenvalue weighted by Gasteiger charge is -2.29. The predicted octanol–water partition coefficient (Wildman–Crippen LogP) is 3.06. The Morgan fingerprint density at radius 3 is 2.79 bits per heavy atom. The number of fused-ring (bicyclic) bond motifs is 3. The zero-order valence-corrected chi connectivity index (χ0v) is 16.7. The smallest absolute Gasteiger partial charge is 0.261 e. The van der Waals surface area contributed by atoms with Gasteiger partial charge in [-0.3, -0.25) is 14.5 Å². The second-order valence-corrected chi connectivity index (χ2v) is 7.63. The first-order chi connectivity index (χ1) is 13.6. The molecule has 3 heterocycles. The van der Waals surface area contributed by atoms with Crippen LogP contribution in [-0.2, 0) is 20.7 Å². The maximum Gasteiger partial charge on any atom is 0.261 e. The summed E-state index contributed by atoms with van der Waals surface area (Å²) in [7, 11) is 3.18. The number of hydrogen-bond acceptors (Lipinski definition) is 4. The van der Waals surface area contributed by atoms with Gasteiger partial charge in [-0.1, -0.05) is 31.5 Å². The first kappa shape index (κ1) is 18.7. The van der Waals surface area contributed by atoms with Crippen LogP contribution >= 0.6 is 0 Å². The summed E-state index contributed by atoms with van der Waals surface area (Å²) in [5.41, 5.74) is 3.86. The number of aromatic nitrogens is 1. The number of hydrogen-bond donors (Lipinski definition) is 2. The minimum Gasteiger partial charge on any atom is -0.500 e. The van der Waals surface area contributed by atoms with Crippen LogP contribution in [0.2, 0.25) is 0 Å². The number of para-hydroxylation sites is 1. The van der Waals surface area contributed by atoms with Gasteiger partial charge < -0.3 is 15.0 Å². The summed E-state index contributed by atoms with van der Waals surface area (Å²) in [6, 6.07) is 7.90. The molecule has 1 aromatic heterocycles. The van der Waals surface area contributed by atoms with E-state index in [-0.39, 0.29) is 23.8 Å². The monoisotopic (exact) mass is 381 g/mol. The number of allylic oxidation sites excluding steroid dienone is 1. The lowest BCUT2D eigenvalue weighted by atomic mass is 9.88. The van der Waals surface area contributed by atoms with E-state index < -0.39 is 0 Å². The topological polar surface area (TPSA) is 74.4 Å². The Hall–Kier alpha value is -2.60. The van der Waals surface area contributed by atoms with E-state index in [2.05, 4.69) is 29.4 Å². The van der Waals surface area contributed by atoms with Crippen molar-refractivity contribution in [1.29, 1.82) is 0 Å². The molecular weight excluding hydrogens is 354 g/mol. The van der Waals surface area contributed by atoms with Gasteiger partial charge in [-0.2, -0.15) is 0 Å². The van der Waals surface area contributed by atoms with Crippen LogP contribution in [0.3, 0.4) is 0 Å². The van der Waals surface area contributed by atoms with Crippen molar-refractivity contribution in [2.24, 2.45) is 5.92 Å². The third-order valence-corrected chi connectivity index (χ3v) is 5.97. The largest absolute Gasteiger partial charge is 0.500 e. The van der Waals surface area contributed by atoms with Crippen LogP contribution in [0.25, 0.3) is 10.9 Å². The predicted molar refractivity (Wildman–Crippen MR) is 108 cm³/mol. The van der Waals surface area contributed by atoms with Gasteiger partial charge >= 0.3 is 0 Å². The van der Waals surface area contributed by atoms with Crippen LogP contribution in [0, 0.1) is 5.92 Å². The number of imide groups is 1. The molecule has 2 aromatic rings. The van der Waals surface area contributed by atoms with E-state index in [9.17, 15) is 9.59 Å². The minimum absolute atomic E-state index is 0.0806. The number of nitrogens with one attached hydrogen (secondary N) is 2. The van der Waals surface area contributed by atoms with Gasteiger partial charge in [0, 0.05) is 42.5 Å². The molecule has 0 fully saturated rings. The summed E-state index contributed by atoms with van der Waals surface area (Å²) in [5, 5.41) is 4.69. The molecule has 28 heavy (non-hydrogen) atoms. The summed E-state index contributed by atoms with van der Waals surface area (Å²) in [4.78, 5) is 30.7. The molecule has 2 aliphatic rings. The lowest BCUT2D eigenvalue weighted by molar-refractivity contribution is -0.140. The molecule has 0 saturated carbocycles. The highest BCUT2D eigenvalue weighted by Gasteiger charge is 2.40. The molecule has 148 valence electrons. The molecular formula is C22H27N3O3. The van der Waals surface area contributed by atoms with Gasteiger partial charge in [0.25, 0.3) is 5.91 Å². The van der Waals surface area contributed by atoms with Crippen molar-refractivity contribution < 1.29 is 14.3 Å². The van der Waals surface area contributed by atoms with Crippen LogP contribution in [0.1, 0.15) is 43.5 Å². The van der Waals surface area contributed by atoms with E-state index in [0.717, 1.165) is 37.0 Å². The van der Waals surface area contributed by atoms with E-state index in [4.69, 9.17) is 4.74 Å². The van der Waals surface area contributed by atoms with Gasteiger partial charge in [0.2, 0.25) is 5.91 Å². The van der Waals surface area contributed by atoms with Crippen molar-refractivity contribution in [2.45, 2.75) is 38.6 Å². The Balaban J connectivity index is 1.90. The highest BCUT2D eigenvalue weighted by molar-refractivity contribution is 6.06. The molecule has 2 atom stereocenters. The quantitative estimate of drug-likeness (QED) is 0.799. The van der Waals surface area contributed by atoms with Crippen LogP contribution in [-0.4, -0.2) is 42.4 Å². The van der Waals surface area contributed by atoms with Crippen molar-refractivity contribution in [3.8, 4) is 0 Å². The van der Waals surface area contributed by atoms with Crippen molar-refractivity contribution in [1.82, 2.24) is 15.2 Å². The third-order valence-electron chi connectivity index (χ3n) is 5.97. The molecule has 2 unspecified atom stereocenters. The second kappa shape index (κ2) is 7.43. The fourth-order valence-electron chi connectivity index (χ4n) is 4.61.